The molecule has 0 saturated heterocycles. The summed E-state index contributed by atoms with van der Waals surface area (Å²) in [4.78, 5) is 3.76. The molecule has 0 saturated carbocycles. The fraction of sp³-hybridized carbons (Fsp3) is 0.350. The van der Waals surface area contributed by atoms with E-state index in [4.69, 9.17) is 0 Å². The quantitative estimate of drug-likeness (QED) is 0.672. The van der Waals surface area contributed by atoms with Crippen LogP contribution in [-0.4, -0.2) is 11.0 Å². The SMILES string of the molecule is CC[C@H]1CC(NC(C)c2cc(F)c(-c3cc(C(F)(F)F)ccn3)cc2F)=CN1. The molecule has 0 fully saturated rings. The Bertz CT molecular complexity index is 892. The van der Waals surface area contributed by atoms with E-state index in [0.29, 0.717) is 12.1 Å². The molecule has 2 N–H and O–H groups in total. The summed E-state index contributed by atoms with van der Waals surface area (Å²) >= 11 is 0. The molecule has 8 heteroatoms. The molecular formula is C20H20F5N3. The number of hydrogen-bond acceptors (Lipinski definition) is 3. The number of aromatic nitrogens is 1. The van der Waals surface area contributed by atoms with Crippen LogP contribution in [-0.2, 0) is 6.18 Å². The van der Waals surface area contributed by atoms with Gasteiger partial charge in [-0.1, -0.05) is 6.92 Å². The number of rotatable bonds is 5. The van der Waals surface area contributed by atoms with Crippen LogP contribution in [0.25, 0.3) is 11.3 Å². The van der Waals surface area contributed by atoms with E-state index in [1.165, 1.54) is 0 Å². The van der Waals surface area contributed by atoms with Gasteiger partial charge in [0.1, 0.15) is 11.6 Å². The second-order valence-electron chi connectivity index (χ2n) is 6.79. The Kier molecular flexibility index (Phi) is 5.58. The normalized spacial score (nSPS) is 17.8. The zero-order valence-electron chi connectivity index (χ0n) is 15.4. The molecule has 3 rings (SSSR count). The van der Waals surface area contributed by atoms with Crippen molar-refractivity contribution in [1.29, 1.82) is 0 Å². The predicted octanol–water partition coefficient (Wildman–Crippen LogP) is 5.31. The summed E-state index contributed by atoms with van der Waals surface area (Å²) in [5.74, 6) is -1.55. The van der Waals surface area contributed by atoms with Gasteiger partial charge in [0.2, 0.25) is 0 Å². The molecule has 150 valence electrons. The molecule has 2 aromatic rings. The Morgan fingerprint density at radius 1 is 1.21 bits per heavy atom. The molecule has 1 aromatic carbocycles. The minimum atomic E-state index is -4.59. The van der Waals surface area contributed by atoms with Crippen LogP contribution < -0.4 is 10.6 Å². The first kappa shape index (κ1) is 20.1. The number of alkyl halides is 3. The molecule has 1 unspecified atom stereocenters. The zero-order chi connectivity index (χ0) is 20.5. The summed E-state index contributed by atoms with van der Waals surface area (Å²) in [6.07, 6.45) is -0.142. The second kappa shape index (κ2) is 7.77. The molecule has 1 aromatic heterocycles. The molecule has 28 heavy (non-hydrogen) atoms. The molecule has 3 nitrogen and oxygen atoms in total. The third-order valence-electron chi connectivity index (χ3n) is 4.77. The summed E-state index contributed by atoms with van der Waals surface area (Å²) in [7, 11) is 0. The lowest BCUT2D eigenvalue weighted by Gasteiger charge is -2.18. The average molecular weight is 397 g/mol. The van der Waals surface area contributed by atoms with Gasteiger partial charge >= 0.3 is 6.18 Å². The van der Waals surface area contributed by atoms with Crippen molar-refractivity contribution >= 4 is 0 Å². The molecule has 0 spiro atoms. The zero-order valence-corrected chi connectivity index (χ0v) is 15.4. The van der Waals surface area contributed by atoms with Crippen LogP contribution in [0.3, 0.4) is 0 Å². The van der Waals surface area contributed by atoms with Gasteiger partial charge in [0, 0.05) is 41.7 Å². The third-order valence-corrected chi connectivity index (χ3v) is 4.77. The molecule has 0 aliphatic carbocycles. The van der Waals surface area contributed by atoms with E-state index < -0.39 is 29.4 Å². The summed E-state index contributed by atoms with van der Waals surface area (Å²) in [6, 6.07) is 3.18. The molecular weight excluding hydrogens is 377 g/mol. The van der Waals surface area contributed by atoms with Crippen molar-refractivity contribution < 1.29 is 22.0 Å². The topological polar surface area (TPSA) is 37.0 Å². The standard InChI is InChI=1S/C20H20F5N3/c1-3-13-7-14(10-27-13)28-11(2)15-8-18(22)16(9-17(15)21)19-6-12(4-5-26-19)20(23,24)25/h4-6,8-11,13,27-28H,3,7H2,1-2H3/t11?,13-/m0/s1. The van der Waals surface area contributed by atoms with Gasteiger partial charge in [-0.15, -0.1) is 0 Å². The maximum Gasteiger partial charge on any atom is 0.416 e. The van der Waals surface area contributed by atoms with E-state index in [9.17, 15) is 22.0 Å². The number of hydrogen-bond donors (Lipinski definition) is 2. The molecule has 1 aliphatic rings. The number of pyridine rings is 1. The fourth-order valence-corrected chi connectivity index (χ4v) is 3.16. The Balaban J connectivity index is 1.85. The van der Waals surface area contributed by atoms with Crippen molar-refractivity contribution in [3.8, 4) is 11.3 Å². The maximum absolute atomic E-state index is 14.6. The van der Waals surface area contributed by atoms with Gasteiger partial charge < -0.3 is 10.6 Å². The smallest absolute Gasteiger partial charge is 0.386 e. The Morgan fingerprint density at radius 3 is 2.61 bits per heavy atom. The maximum atomic E-state index is 14.6. The lowest BCUT2D eigenvalue weighted by molar-refractivity contribution is -0.137. The van der Waals surface area contributed by atoms with E-state index in [-0.39, 0.29) is 16.8 Å². The fourth-order valence-electron chi connectivity index (χ4n) is 3.16. The molecule has 0 amide bonds. The predicted molar refractivity (Wildman–Crippen MR) is 96.1 cm³/mol. The first-order chi connectivity index (χ1) is 13.2. The van der Waals surface area contributed by atoms with Crippen LogP contribution in [0.15, 0.2) is 42.4 Å². The van der Waals surface area contributed by atoms with Crippen LogP contribution in [0.4, 0.5) is 22.0 Å². The van der Waals surface area contributed by atoms with Crippen molar-refractivity contribution in [2.75, 3.05) is 0 Å². The van der Waals surface area contributed by atoms with Crippen molar-refractivity contribution in [3.05, 3.63) is 65.1 Å². The lowest BCUT2D eigenvalue weighted by atomic mass is 10.0. The second-order valence-corrected chi connectivity index (χ2v) is 6.79. The van der Waals surface area contributed by atoms with Gasteiger partial charge in [0.15, 0.2) is 0 Å². The number of nitrogens with zero attached hydrogens (tertiary/aromatic N) is 1. The van der Waals surface area contributed by atoms with Crippen LogP contribution in [0.1, 0.15) is 43.9 Å². The van der Waals surface area contributed by atoms with Gasteiger partial charge in [-0.3, -0.25) is 4.98 Å². The van der Waals surface area contributed by atoms with Gasteiger partial charge in [-0.2, -0.15) is 13.2 Å². The van der Waals surface area contributed by atoms with Crippen LogP contribution >= 0.6 is 0 Å². The molecule has 2 atom stereocenters. The molecule has 1 aliphatic heterocycles. The summed E-state index contributed by atoms with van der Waals surface area (Å²) in [5, 5.41) is 6.34. The Morgan fingerprint density at radius 2 is 1.96 bits per heavy atom. The van der Waals surface area contributed by atoms with Crippen LogP contribution in [0.5, 0.6) is 0 Å². The van der Waals surface area contributed by atoms with Crippen molar-refractivity contribution in [1.82, 2.24) is 15.6 Å². The highest BCUT2D eigenvalue weighted by atomic mass is 19.4. The Labute approximate surface area is 159 Å². The minimum absolute atomic E-state index is 0.0917. The van der Waals surface area contributed by atoms with Gasteiger partial charge in [0.25, 0.3) is 0 Å². The molecule has 0 radical (unpaired) electrons. The van der Waals surface area contributed by atoms with E-state index in [2.05, 4.69) is 15.6 Å². The lowest BCUT2D eigenvalue weighted by Crippen LogP contribution is -2.20. The number of nitrogens with one attached hydrogen (secondary N) is 2. The Hall–Kier alpha value is -2.64. The highest BCUT2D eigenvalue weighted by molar-refractivity contribution is 5.61. The molecule has 0 bridgehead atoms. The average Bonchev–Trinajstić information content (AvgIpc) is 3.10. The van der Waals surface area contributed by atoms with Gasteiger partial charge in [-0.05, 0) is 37.6 Å². The van der Waals surface area contributed by atoms with Gasteiger partial charge in [-0.25, -0.2) is 8.78 Å². The number of halogens is 5. The summed E-state index contributed by atoms with van der Waals surface area (Å²) in [6.45, 7) is 3.74. The van der Waals surface area contributed by atoms with E-state index >= 15 is 0 Å². The van der Waals surface area contributed by atoms with Crippen LogP contribution in [0.2, 0.25) is 0 Å². The summed E-state index contributed by atoms with van der Waals surface area (Å²) < 4.78 is 67.8. The number of benzene rings is 1. The van der Waals surface area contributed by atoms with E-state index in [0.717, 1.165) is 42.9 Å². The monoisotopic (exact) mass is 397 g/mol. The molecule has 2 heterocycles. The highest BCUT2D eigenvalue weighted by Crippen LogP contribution is 2.33. The first-order valence-electron chi connectivity index (χ1n) is 8.93. The minimum Gasteiger partial charge on any atom is -0.386 e. The summed E-state index contributed by atoms with van der Waals surface area (Å²) in [5.41, 5.74) is -0.571. The highest BCUT2D eigenvalue weighted by Gasteiger charge is 2.31. The van der Waals surface area contributed by atoms with Crippen molar-refractivity contribution in [2.24, 2.45) is 0 Å². The first-order valence-corrected chi connectivity index (χ1v) is 8.93. The van der Waals surface area contributed by atoms with E-state index in [1.807, 2.05) is 13.1 Å². The van der Waals surface area contributed by atoms with Crippen molar-refractivity contribution in [3.63, 3.8) is 0 Å². The van der Waals surface area contributed by atoms with Gasteiger partial charge in [0.05, 0.1) is 17.3 Å². The van der Waals surface area contributed by atoms with Crippen molar-refractivity contribution in [2.45, 2.75) is 44.9 Å². The van der Waals surface area contributed by atoms with Crippen LogP contribution in [0, 0.1) is 11.6 Å². The largest absolute Gasteiger partial charge is 0.416 e. The van der Waals surface area contributed by atoms with E-state index in [1.54, 1.807) is 6.92 Å². The third kappa shape index (κ3) is 4.26.